The van der Waals surface area contributed by atoms with E-state index in [1.807, 2.05) is 0 Å². The van der Waals surface area contributed by atoms with Crippen molar-refractivity contribution in [2.24, 2.45) is 0 Å². The molecule has 1 N–H and O–H groups in total. The Bertz CT molecular complexity index is 224. The van der Waals surface area contributed by atoms with E-state index in [4.69, 9.17) is 0 Å². The van der Waals surface area contributed by atoms with Gasteiger partial charge in [-0.05, 0) is 13.0 Å². The Labute approximate surface area is 83.4 Å². The van der Waals surface area contributed by atoms with Crippen molar-refractivity contribution >= 4 is 11.9 Å². The van der Waals surface area contributed by atoms with Crippen LogP contribution in [0.15, 0.2) is 0 Å². The molecule has 1 aliphatic heterocycles. The number of esters is 1. The molecule has 1 aliphatic rings. The average Bonchev–Trinajstić information content (AvgIpc) is 2.65. The fraction of sp³-hybridized carbons (Fsp3) is 0.778. The smallest absolute Gasteiger partial charge is 0.303 e. The number of hydrogen-bond acceptors (Lipinski definition) is 4. The molecule has 5 heteroatoms. The third kappa shape index (κ3) is 2.99. The van der Waals surface area contributed by atoms with Gasteiger partial charge in [-0.3, -0.25) is 9.59 Å². The largest absolute Gasteiger partial charge is 0.456 e. The molecule has 1 rings (SSSR count). The van der Waals surface area contributed by atoms with Crippen LogP contribution >= 0.6 is 0 Å². The van der Waals surface area contributed by atoms with Gasteiger partial charge in [0.1, 0.15) is 0 Å². The van der Waals surface area contributed by atoms with Gasteiger partial charge in [-0.2, -0.15) is 0 Å². The highest BCUT2D eigenvalue weighted by Crippen LogP contribution is 2.06. The minimum atomic E-state index is -0.420. The molecule has 0 aromatic carbocycles. The second-order valence-corrected chi connectivity index (χ2v) is 3.43. The van der Waals surface area contributed by atoms with Crippen LogP contribution in [-0.4, -0.2) is 49.6 Å². The first-order chi connectivity index (χ1) is 6.61. The zero-order chi connectivity index (χ0) is 10.6. The molecule has 1 heterocycles. The molecule has 1 amide bonds. The van der Waals surface area contributed by atoms with E-state index in [1.165, 1.54) is 6.92 Å². The van der Waals surface area contributed by atoms with E-state index in [-0.39, 0.29) is 18.6 Å². The molecule has 14 heavy (non-hydrogen) atoms. The molecule has 1 unspecified atom stereocenters. The standard InChI is InChI=1S/C9H16N2O3/c1-7(12)14-6-9(13)11(2)8-3-4-10-5-8/h8,10H,3-6H2,1-2H3. The number of likely N-dealkylation sites (N-methyl/N-ethyl adjacent to an activating group) is 1. The minimum Gasteiger partial charge on any atom is -0.456 e. The Morgan fingerprint density at radius 3 is 2.79 bits per heavy atom. The predicted octanol–water partition coefficient (Wildman–Crippen LogP) is -0.630. The number of nitrogens with zero attached hydrogens (tertiary/aromatic N) is 1. The third-order valence-electron chi connectivity index (χ3n) is 2.37. The summed E-state index contributed by atoms with van der Waals surface area (Å²) in [5.41, 5.74) is 0. The molecule has 0 aromatic heterocycles. The number of carbonyl (C=O) groups excluding carboxylic acids is 2. The lowest BCUT2D eigenvalue weighted by Gasteiger charge is -2.23. The van der Waals surface area contributed by atoms with Gasteiger partial charge in [0.05, 0.1) is 0 Å². The molecule has 0 bridgehead atoms. The normalized spacial score (nSPS) is 20.6. The van der Waals surface area contributed by atoms with Crippen molar-refractivity contribution in [2.45, 2.75) is 19.4 Å². The molecular formula is C9H16N2O3. The maximum absolute atomic E-state index is 11.5. The number of hydrogen-bond donors (Lipinski definition) is 1. The van der Waals surface area contributed by atoms with E-state index in [9.17, 15) is 9.59 Å². The summed E-state index contributed by atoms with van der Waals surface area (Å²) in [7, 11) is 1.74. The number of ether oxygens (including phenoxy) is 1. The second kappa shape index (κ2) is 4.95. The van der Waals surface area contributed by atoms with Crippen LogP contribution in [-0.2, 0) is 14.3 Å². The van der Waals surface area contributed by atoms with Crippen molar-refractivity contribution in [1.29, 1.82) is 0 Å². The lowest BCUT2D eigenvalue weighted by Crippen LogP contribution is -2.40. The van der Waals surface area contributed by atoms with E-state index in [2.05, 4.69) is 10.1 Å². The molecule has 0 spiro atoms. The highest BCUT2D eigenvalue weighted by molar-refractivity contribution is 5.80. The number of carbonyl (C=O) groups is 2. The summed E-state index contributed by atoms with van der Waals surface area (Å²) in [4.78, 5) is 23.6. The van der Waals surface area contributed by atoms with E-state index in [0.717, 1.165) is 19.5 Å². The van der Waals surface area contributed by atoms with Crippen LogP contribution in [0.5, 0.6) is 0 Å². The van der Waals surface area contributed by atoms with Crippen LogP contribution < -0.4 is 5.32 Å². The van der Waals surface area contributed by atoms with Crippen molar-refractivity contribution in [3.63, 3.8) is 0 Å². The van der Waals surface area contributed by atoms with Crippen LogP contribution in [0, 0.1) is 0 Å². The maximum atomic E-state index is 11.5. The fourth-order valence-corrected chi connectivity index (χ4v) is 1.44. The summed E-state index contributed by atoms with van der Waals surface area (Å²) in [6.45, 7) is 2.91. The number of amides is 1. The minimum absolute atomic E-state index is 0.145. The van der Waals surface area contributed by atoms with Gasteiger partial charge in [-0.15, -0.1) is 0 Å². The number of rotatable bonds is 3. The van der Waals surface area contributed by atoms with Gasteiger partial charge in [0, 0.05) is 26.6 Å². The Morgan fingerprint density at radius 2 is 2.29 bits per heavy atom. The van der Waals surface area contributed by atoms with Crippen molar-refractivity contribution in [2.75, 3.05) is 26.7 Å². The van der Waals surface area contributed by atoms with Crippen molar-refractivity contribution in [1.82, 2.24) is 10.2 Å². The summed E-state index contributed by atoms with van der Waals surface area (Å²) in [6, 6.07) is 0.234. The Morgan fingerprint density at radius 1 is 1.57 bits per heavy atom. The monoisotopic (exact) mass is 200 g/mol. The molecule has 0 aromatic rings. The van der Waals surface area contributed by atoms with Gasteiger partial charge in [-0.25, -0.2) is 0 Å². The summed E-state index contributed by atoms with van der Waals surface area (Å²) in [6.07, 6.45) is 0.961. The molecule has 1 atom stereocenters. The quantitative estimate of drug-likeness (QED) is 0.616. The van der Waals surface area contributed by atoms with Gasteiger partial charge in [-0.1, -0.05) is 0 Å². The van der Waals surface area contributed by atoms with Crippen molar-refractivity contribution < 1.29 is 14.3 Å². The third-order valence-corrected chi connectivity index (χ3v) is 2.37. The van der Waals surface area contributed by atoms with Crippen LogP contribution in [0.4, 0.5) is 0 Å². The summed E-state index contributed by atoms with van der Waals surface area (Å²) in [5, 5.41) is 3.17. The molecule has 5 nitrogen and oxygen atoms in total. The summed E-state index contributed by atoms with van der Waals surface area (Å²) >= 11 is 0. The first-order valence-corrected chi connectivity index (χ1v) is 4.71. The Balaban J connectivity index is 2.31. The molecule has 0 aliphatic carbocycles. The SMILES string of the molecule is CC(=O)OCC(=O)N(C)C1CCNC1. The predicted molar refractivity (Wildman–Crippen MR) is 50.7 cm³/mol. The lowest BCUT2D eigenvalue weighted by atomic mass is 10.2. The van der Waals surface area contributed by atoms with Gasteiger partial charge in [0.2, 0.25) is 0 Å². The van der Waals surface area contributed by atoms with Crippen LogP contribution in [0.2, 0.25) is 0 Å². The van der Waals surface area contributed by atoms with E-state index in [1.54, 1.807) is 11.9 Å². The fourth-order valence-electron chi connectivity index (χ4n) is 1.44. The number of nitrogens with one attached hydrogen (secondary N) is 1. The summed E-state index contributed by atoms with van der Waals surface area (Å²) in [5.74, 6) is -0.565. The van der Waals surface area contributed by atoms with Gasteiger partial charge in [0.15, 0.2) is 6.61 Å². The first kappa shape index (κ1) is 11.0. The zero-order valence-corrected chi connectivity index (χ0v) is 8.58. The van der Waals surface area contributed by atoms with Crippen LogP contribution in [0.1, 0.15) is 13.3 Å². The van der Waals surface area contributed by atoms with E-state index < -0.39 is 5.97 Å². The van der Waals surface area contributed by atoms with E-state index in [0.29, 0.717) is 0 Å². The molecule has 1 saturated heterocycles. The Hall–Kier alpha value is -1.10. The second-order valence-electron chi connectivity index (χ2n) is 3.43. The molecule has 0 radical (unpaired) electrons. The van der Waals surface area contributed by atoms with Gasteiger partial charge < -0.3 is 15.0 Å². The average molecular weight is 200 g/mol. The van der Waals surface area contributed by atoms with Crippen LogP contribution in [0.25, 0.3) is 0 Å². The molecular weight excluding hydrogens is 184 g/mol. The lowest BCUT2D eigenvalue weighted by molar-refractivity contribution is -0.150. The molecule has 1 fully saturated rings. The molecule has 0 saturated carbocycles. The van der Waals surface area contributed by atoms with Crippen molar-refractivity contribution in [3.8, 4) is 0 Å². The topological polar surface area (TPSA) is 58.6 Å². The Kier molecular flexibility index (Phi) is 3.88. The zero-order valence-electron chi connectivity index (χ0n) is 8.58. The highest BCUT2D eigenvalue weighted by Gasteiger charge is 2.23. The van der Waals surface area contributed by atoms with Crippen LogP contribution in [0.3, 0.4) is 0 Å². The highest BCUT2D eigenvalue weighted by atomic mass is 16.5. The molecule has 80 valence electrons. The first-order valence-electron chi connectivity index (χ1n) is 4.71. The van der Waals surface area contributed by atoms with Crippen molar-refractivity contribution in [3.05, 3.63) is 0 Å². The maximum Gasteiger partial charge on any atom is 0.303 e. The van der Waals surface area contributed by atoms with E-state index >= 15 is 0 Å². The van der Waals surface area contributed by atoms with Gasteiger partial charge >= 0.3 is 5.97 Å². The van der Waals surface area contributed by atoms with Gasteiger partial charge in [0.25, 0.3) is 5.91 Å². The summed E-state index contributed by atoms with van der Waals surface area (Å²) < 4.78 is 4.63.